The lowest BCUT2D eigenvalue weighted by Crippen LogP contribution is -2.05. The SMILES string of the molecule is C=COCCCCCCCC(F)CO.CCOCCCCCCCC(F)CO.COCCCCCCCC(F)CO. The lowest BCUT2D eigenvalue weighted by Gasteiger charge is -2.04. The number of methoxy groups -OCH3 is 1. The third kappa shape index (κ3) is 46.3. The molecule has 250 valence electrons. The summed E-state index contributed by atoms with van der Waals surface area (Å²) in [5.74, 6) is 0. The Hall–Kier alpha value is -0.870. The minimum atomic E-state index is -1.03. The molecule has 0 spiro atoms. The molecule has 0 aromatic heterocycles. The number of aliphatic hydroxyl groups excluding tert-OH is 3. The molecule has 41 heavy (non-hydrogen) atoms. The number of hydrogen-bond acceptors (Lipinski definition) is 6. The average molecular weight is 603 g/mol. The van der Waals surface area contributed by atoms with Gasteiger partial charge in [0, 0.05) is 26.9 Å². The van der Waals surface area contributed by atoms with Crippen LogP contribution < -0.4 is 0 Å². The maximum absolute atomic E-state index is 12.5. The maximum atomic E-state index is 12.5. The molecule has 0 aromatic rings. The van der Waals surface area contributed by atoms with Gasteiger partial charge in [-0.05, 0) is 45.4 Å². The number of rotatable bonds is 29. The average Bonchev–Trinajstić information content (AvgIpc) is 2.99. The van der Waals surface area contributed by atoms with Crippen molar-refractivity contribution in [1.82, 2.24) is 0 Å². The maximum Gasteiger partial charge on any atom is 0.123 e. The van der Waals surface area contributed by atoms with Crippen LogP contribution in [0.15, 0.2) is 12.8 Å². The summed E-state index contributed by atoms with van der Waals surface area (Å²) in [5.41, 5.74) is 0. The van der Waals surface area contributed by atoms with Crippen molar-refractivity contribution >= 4 is 0 Å². The number of alkyl halides is 3. The quantitative estimate of drug-likeness (QED) is 0.0598. The van der Waals surface area contributed by atoms with Gasteiger partial charge in [0.2, 0.25) is 0 Å². The molecule has 0 aliphatic heterocycles. The lowest BCUT2D eigenvalue weighted by molar-refractivity contribution is 0.142. The van der Waals surface area contributed by atoms with E-state index in [2.05, 4.69) is 6.58 Å². The Kier molecular flexibility index (Phi) is 44.9. The van der Waals surface area contributed by atoms with E-state index in [1.54, 1.807) is 7.11 Å². The third-order valence-corrected chi connectivity index (χ3v) is 6.37. The molecule has 0 rings (SSSR count). The third-order valence-electron chi connectivity index (χ3n) is 6.37. The number of ether oxygens (including phenoxy) is 3. The summed E-state index contributed by atoms with van der Waals surface area (Å²) in [6.45, 7) is 7.63. The van der Waals surface area contributed by atoms with E-state index in [1.165, 1.54) is 6.26 Å². The highest BCUT2D eigenvalue weighted by molar-refractivity contribution is 4.56. The van der Waals surface area contributed by atoms with E-state index in [9.17, 15) is 13.2 Å². The van der Waals surface area contributed by atoms with Gasteiger partial charge in [-0.3, -0.25) is 0 Å². The fraction of sp³-hybridized carbons (Fsp3) is 0.938. The van der Waals surface area contributed by atoms with E-state index in [-0.39, 0.29) is 19.8 Å². The zero-order chi connectivity index (χ0) is 31.2. The van der Waals surface area contributed by atoms with E-state index in [4.69, 9.17) is 29.5 Å². The van der Waals surface area contributed by atoms with Crippen LogP contribution in [0.25, 0.3) is 0 Å². The Morgan fingerprint density at radius 2 is 0.902 bits per heavy atom. The van der Waals surface area contributed by atoms with Gasteiger partial charge in [0.05, 0.1) is 32.7 Å². The first-order valence-electron chi connectivity index (χ1n) is 16.0. The lowest BCUT2D eigenvalue weighted by atomic mass is 10.1. The van der Waals surface area contributed by atoms with Crippen molar-refractivity contribution in [2.24, 2.45) is 0 Å². The molecular weight excluding hydrogens is 537 g/mol. The minimum Gasteiger partial charge on any atom is -0.502 e. The first-order chi connectivity index (χ1) is 19.9. The summed E-state index contributed by atoms with van der Waals surface area (Å²) in [7, 11) is 1.70. The highest BCUT2D eigenvalue weighted by Crippen LogP contribution is 2.11. The molecule has 3 unspecified atom stereocenters. The molecule has 0 bridgehead atoms. The molecule has 3 N–H and O–H groups in total. The molecule has 3 atom stereocenters. The Balaban J connectivity index is -0.000000529. The Morgan fingerprint density at radius 1 is 0.561 bits per heavy atom. The largest absolute Gasteiger partial charge is 0.502 e. The van der Waals surface area contributed by atoms with Crippen molar-refractivity contribution < 1.29 is 42.7 Å². The van der Waals surface area contributed by atoms with Crippen LogP contribution in [0.4, 0.5) is 13.2 Å². The van der Waals surface area contributed by atoms with Crippen molar-refractivity contribution in [2.75, 3.05) is 53.4 Å². The van der Waals surface area contributed by atoms with Crippen LogP contribution in [-0.4, -0.2) is 87.2 Å². The van der Waals surface area contributed by atoms with Crippen molar-refractivity contribution in [3.63, 3.8) is 0 Å². The summed E-state index contributed by atoms with van der Waals surface area (Å²) < 4.78 is 52.6. The molecule has 0 aromatic carbocycles. The van der Waals surface area contributed by atoms with Crippen LogP contribution in [0.2, 0.25) is 0 Å². The van der Waals surface area contributed by atoms with Crippen LogP contribution in [0.3, 0.4) is 0 Å². The van der Waals surface area contributed by atoms with Crippen LogP contribution in [0.1, 0.15) is 122 Å². The number of aliphatic hydroxyl groups is 3. The van der Waals surface area contributed by atoms with Crippen molar-refractivity contribution in [2.45, 2.75) is 141 Å². The van der Waals surface area contributed by atoms with Crippen LogP contribution in [0, 0.1) is 0 Å². The van der Waals surface area contributed by atoms with Crippen LogP contribution >= 0.6 is 0 Å². The fourth-order valence-electron chi connectivity index (χ4n) is 3.83. The van der Waals surface area contributed by atoms with Gasteiger partial charge in [-0.1, -0.05) is 83.6 Å². The van der Waals surface area contributed by atoms with Gasteiger partial charge in [0.25, 0.3) is 0 Å². The Morgan fingerprint density at radius 3 is 1.24 bits per heavy atom. The predicted molar refractivity (Wildman–Crippen MR) is 164 cm³/mol. The standard InChI is InChI=1S/C11H23FO2.C11H21FO2.C10H21FO2/c2*1-2-14-9-7-5-3-4-6-8-11(12)10-13;1-13-8-6-4-2-3-5-7-10(11)9-12/h11,13H,2-10H2,1H3;2,11,13H,1,3-10H2;10,12H,2-9H2,1H3. The molecule has 6 nitrogen and oxygen atoms in total. The summed E-state index contributed by atoms with van der Waals surface area (Å²) in [6.07, 6.45) is 15.7. The molecule has 0 amide bonds. The molecule has 9 heteroatoms. The van der Waals surface area contributed by atoms with Gasteiger partial charge in [0.1, 0.15) is 18.5 Å². The van der Waals surface area contributed by atoms with Gasteiger partial charge in [-0.15, -0.1) is 0 Å². The Labute approximate surface area is 250 Å². The molecule has 0 saturated heterocycles. The van der Waals surface area contributed by atoms with Crippen LogP contribution in [0.5, 0.6) is 0 Å². The van der Waals surface area contributed by atoms with Crippen molar-refractivity contribution in [3.8, 4) is 0 Å². The van der Waals surface area contributed by atoms with Gasteiger partial charge < -0.3 is 29.5 Å². The summed E-state index contributed by atoms with van der Waals surface area (Å²) in [6, 6.07) is 0. The summed E-state index contributed by atoms with van der Waals surface area (Å²) in [4.78, 5) is 0. The van der Waals surface area contributed by atoms with Gasteiger partial charge in [0.15, 0.2) is 0 Å². The fourth-order valence-corrected chi connectivity index (χ4v) is 3.83. The highest BCUT2D eigenvalue weighted by atomic mass is 19.1. The topological polar surface area (TPSA) is 88.4 Å². The van der Waals surface area contributed by atoms with Gasteiger partial charge in [-0.25, -0.2) is 13.2 Å². The highest BCUT2D eigenvalue weighted by Gasteiger charge is 2.04. The first-order valence-corrected chi connectivity index (χ1v) is 16.0. The van der Waals surface area contributed by atoms with E-state index in [0.717, 1.165) is 123 Å². The molecule has 0 aliphatic carbocycles. The second kappa shape index (κ2) is 41.3. The van der Waals surface area contributed by atoms with E-state index in [1.807, 2.05) is 6.92 Å². The van der Waals surface area contributed by atoms with Crippen molar-refractivity contribution in [1.29, 1.82) is 0 Å². The molecule has 0 heterocycles. The van der Waals surface area contributed by atoms with Crippen LogP contribution in [-0.2, 0) is 14.2 Å². The number of halogens is 3. The molecule has 0 fully saturated rings. The summed E-state index contributed by atoms with van der Waals surface area (Å²) >= 11 is 0. The Bertz CT molecular complexity index is 463. The molecule has 0 aliphatic rings. The number of unbranched alkanes of at least 4 members (excludes halogenated alkanes) is 12. The van der Waals surface area contributed by atoms with Crippen molar-refractivity contribution in [3.05, 3.63) is 12.8 Å². The normalized spacial score (nSPS) is 12.9. The monoisotopic (exact) mass is 602 g/mol. The first kappa shape index (κ1) is 44.6. The second-order valence-corrected chi connectivity index (χ2v) is 10.2. The van der Waals surface area contributed by atoms with E-state index < -0.39 is 18.5 Å². The van der Waals surface area contributed by atoms with E-state index in [0.29, 0.717) is 19.3 Å². The second-order valence-electron chi connectivity index (χ2n) is 10.2. The zero-order valence-corrected chi connectivity index (χ0v) is 26.4. The zero-order valence-electron chi connectivity index (χ0n) is 26.4. The minimum absolute atomic E-state index is 0.329. The van der Waals surface area contributed by atoms with E-state index >= 15 is 0 Å². The summed E-state index contributed by atoms with van der Waals surface area (Å²) in [5, 5.41) is 25.3. The molecular formula is C32H65F3O6. The van der Waals surface area contributed by atoms with Gasteiger partial charge in [-0.2, -0.15) is 0 Å². The predicted octanol–water partition coefficient (Wildman–Crippen LogP) is 7.82. The molecule has 0 radical (unpaired) electrons. The molecule has 0 saturated carbocycles. The smallest absolute Gasteiger partial charge is 0.123 e. The van der Waals surface area contributed by atoms with Gasteiger partial charge >= 0.3 is 0 Å². The number of hydrogen-bond donors (Lipinski definition) is 3.